The Bertz CT molecular complexity index is 694. The molecule has 0 aromatic heterocycles. The van der Waals surface area contributed by atoms with Gasteiger partial charge >= 0.3 is 13.8 Å². The van der Waals surface area contributed by atoms with Gasteiger partial charge in [0, 0.05) is 19.4 Å². The largest absolute Gasteiger partial charge is 0.472 e. The third-order valence-electron chi connectivity index (χ3n) is 7.54. The summed E-state index contributed by atoms with van der Waals surface area (Å²) in [7, 11) is -4.39. The summed E-state index contributed by atoms with van der Waals surface area (Å²) in [5, 5.41) is 12.6. The zero-order chi connectivity index (χ0) is 31.9. The minimum absolute atomic E-state index is 0.0871. The van der Waals surface area contributed by atoms with Crippen LogP contribution in [0.5, 0.6) is 0 Å². The van der Waals surface area contributed by atoms with E-state index in [9.17, 15) is 24.2 Å². The molecule has 0 aliphatic carbocycles. The first-order valence-electron chi connectivity index (χ1n) is 17.5. The summed E-state index contributed by atoms with van der Waals surface area (Å²) < 4.78 is 26.7. The normalized spacial score (nSPS) is 13.5. The van der Waals surface area contributed by atoms with Gasteiger partial charge in [0.1, 0.15) is 12.7 Å². The van der Waals surface area contributed by atoms with Crippen LogP contribution in [0.25, 0.3) is 0 Å². The fourth-order valence-electron chi connectivity index (χ4n) is 4.85. The Balaban J connectivity index is 3.62. The van der Waals surface area contributed by atoms with E-state index in [1.54, 1.807) is 0 Å². The van der Waals surface area contributed by atoms with E-state index in [-0.39, 0.29) is 32.1 Å². The Hall–Kier alpha value is -0.990. The first-order valence-corrected chi connectivity index (χ1v) is 19.0. The number of carbonyl (C=O) groups excluding carboxylic acids is 2. The van der Waals surface area contributed by atoms with Crippen LogP contribution >= 0.6 is 7.82 Å². The predicted molar refractivity (Wildman–Crippen MR) is 174 cm³/mol. The predicted octanol–water partition coefficient (Wildman–Crippen LogP) is 8.54. The summed E-state index contributed by atoms with van der Waals surface area (Å²) in [6.45, 7) is 3.53. The van der Waals surface area contributed by atoms with Gasteiger partial charge in [-0.05, 0) is 12.8 Å². The number of hydrogen-bond donors (Lipinski definition) is 3. The molecule has 1 amide bonds. The van der Waals surface area contributed by atoms with Gasteiger partial charge in [-0.1, -0.05) is 142 Å². The molecule has 3 N–H and O–H groups in total. The molecule has 0 aromatic rings. The number of ether oxygens (including phenoxy) is 1. The van der Waals surface area contributed by atoms with Gasteiger partial charge < -0.3 is 20.1 Å². The van der Waals surface area contributed by atoms with Crippen LogP contribution in [0.1, 0.15) is 168 Å². The fraction of sp³-hybridized carbons (Fsp3) is 0.939. The third-order valence-corrected chi connectivity index (χ3v) is 8.52. The van der Waals surface area contributed by atoms with E-state index in [2.05, 4.69) is 19.2 Å². The number of aliphatic hydroxyl groups excluding tert-OH is 1. The van der Waals surface area contributed by atoms with Crippen molar-refractivity contribution in [1.82, 2.24) is 5.32 Å². The number of rotatable bonds is 33. The van der Waals surface area contributed by atoms with Gasteiger partial charge in [0.2, 0.25) is 5.91 Å². The SMILES string of the molecule is CCCCCCCCCCCCCCC(=O)OCC(O)COP(=O)(O)OCCNC(=O)CCCCCCCCCCCC. The number of nitrogens with one attached hydrogen (secondary N) is 1. The number of unbranched alkanes of at least 4 members (excludes halogenated alkanes) is 20. The second-order valence-electron chi connectivity index (χ2n) is 11.9. The number of phosphoric ester groups is 1. The van der Waals surface area contributed by atoms with Crippen LogP contribution in [0, 0.1) is 0 Å². The quantitative estimate of drug-likeness (QED) is 0.0371. The van der Waals surface area contributed by atoms with Crippen molar-refractivity contribution in [3.63, 3.8) is 0 Å². The van der Waals surface area contributed by atoms with Crippen molar-refractivity contribution in [1.29, 1.82) is 0 Å². The monoisotopic (exact) mass is 635 g/mol. The Morgan fingerprint density at radius 3 is 1.51 bits per heavy atom. The highest BCUT2D eigenvalue weighted by Crippen LogP contribution is 2.42. The van der Waals surface area contributed by atoms with E-state index in [4.69, 9.17) is 13.8 Å². The molecular weight excluding hydrogens is 569 g/mol. The standard InChI is InChI=1S/C33H66NO8P/c1-3-5-7-9-11-13-15-16-18-20-22-24-26-33(37)40-29-31(35)30-42-43(38,39)41-28-27-34-32(36)25-23-21-19-17-14-12-10-8-6-4-2/h31,35H,3-30H2,1-2H3,(H,34,36)(H,38,39). The van der Waals surface area contributed by atoms with Crippen molar-refractivity contribution < 1.29 is 37.9 Å². The summed E-state index contributed by atoms with van der Waals surface area (Å²) >= 11 is 0. The van der Waals surface area contributed by atoms with Crippen LogP contribution < -0.4 is 5.32 Å². The molecule has 0 aliphatic rings. The van der Waals surface area contributed by atoms with Gasteiger partial charge in [-0.15, -0.1) is 0 Å². The van der Waals surface area contributed by atoms with Crippen LogP contribution in [0.4, 0.5) is 0 Å². The average molecular weight is 636 g/mol. The summed E-state index contributed by atoms with van der Waals surface area (Å²) in [5.41, 5.74) is 0. The molecular formula is C33H66NO8P. The van der Waals surface area contributed by atoms with Crippen molar-refractivity contribution in [2.75, 3.05) is 26.4 Å². The molecule has 0 heterocycles. The van der Waals surface area contributed by atoms with Crippen molar-refractivity contribution in [2.24, 2.45) is 0 Å². The van der Waals surface area contributed by atoms with Gasteiger partial charge in [0.15, 0.2) is 0 Å². The number of esters is 1. The second-order valence-corrected chi connectivity index (χ2v) is 13.3. The highest BCUT2D eigenvalue weighted by Gasteiger charge is 2.23. The number of hydrogen-bond acceptors (Lipinski definition) is 7. The maximum atomic E-state index is 12.0. The molecule has 0 spiro atoms. The molecule has 0 fully saturated rings. The zero-order valence-corrected chi connectivity index (χ0v) is 28.6. The molecule has 0 saturated heterocycles. The summed E-state index contributed by atoms with van der Waals surface area (Å²) in [6.07, 6.45) is 26.0. The number of aliphatic hydroxyl groups is 1. The molecule has 0 radical (unpaired) electrons. The Kier molecular flexibility index (Phi) is 30.3. The molecule has 256 valence electrons. The summed E-state index contributed by atoms with van der Waals surface area (Å²) in [6, 6.07) is 0. The van der Waals surface area contributed by atoms with Gasteiger partial charge in [0.25, 0.3) is 0 Å². The minimum Gasteiger partial charge on any atom is -0.463 e. The van der Waals surface area contributed by atoms with E-state index in [0.29, 0.717) is 6.42 Å². The minimum atomic E-state index is -4.39. The maximum Gasteiger partial charge on any atom is 0.472 e. The lowest BCUT2D eigenvalue weighted by Crippen LogP contribution is -2.27. The van der Waals surface area contributed by atoms with E-state index in [1.165, 1.54) is 103 Å². The lowest BCUT2D eigenvalue weighted by Gasteiger charge is -2.15. The molecule has 0 saturated carbocycles. The van der Waals surface area contributed by atoms with Crippen molar-refractivity contribution in [3.05, 3.63) is 0 Å². The topological polar surface area (TPSA) is 131 Å². The Morgan fingerprint density at radius 2 is 1.05 bits per heavy atom. The van der Waals surface area contributed by atoms with Gasteiger partial charge in [-0.3, -0.25) is 18.6 Å². The van der Waals surface area contributed by atoms with E-state index in [1.807, 2.05) is 0 Å². The Morgan fingerprint density at radius 1 is 0.628 bits per heavy atom. The van der Waals surface area contributed by atoms with Gasteiger partial charge in [-0.2, -0.15) is 0 Å². The smallest absolute Gasteiger partial charge is 0.463 e. The summed E-state index contributed by atoms with van der Waals surface area (Å²) in [5.74, 6) is -0.513. The lowest BCUT2D eigenvalue weighted by atomic mass is 10.0. The first kappa shape index (κ1) is 42.0. The first-order chi connectivity index (χ1) is 20.8. The second kappa shape index (κ2) is 31.0. The molecule has 0 aliphatic heterocycles. The molecule has 0 rings (SSSR count). The number of carbonyl (C=O) groups is 2. The van der Waals surface area contributed by atoms with Crippen molar-refractivity contribution in [3.8, 4) is 0 Å². The fourth-order valence-corrected chi connectivity index (χ4v) is 5.61. The molecule has 2 unspecified atom stereocenters. The molecule has 10 heteroatoms. The average Bonchev–Trinajstić information content (AvgIpc) is 2.98. The van der Waals surface area contributed by atoms with Gasteiger partial charge in [-0.25, -0.2) is 4.57 Å². The molecule has 43 heavy (non-hydrogen) atoms. The number of phosphoric acid groups is 1. The third kappa shape index (κ3) is 32.2. The van der Waals surface area contributed by atoms with Crippen LogP contribution in [0.2, 0.25) is 0 Å². The van der Waals surface area contributed by atoms with E-state index in [0.717, 1.165) is 38.5 Å². The zero-order valence-electron chi connectivity index (χ0n) is 27.7. The number of amides is 1. The maximum absolute atomic E-state index is 12.0. The van der Waals surface area contributed by atoms with Crippen molar-refractivity contribution >= 4 is 19.7 Å². The van der Waals surface area contributed by atoms with Crippen LogP contribution in [0.3, 0.4) is 0 Å². The molecule has 0 bridgehead atoms. The van der Waals surface area contributed by atoms with Gasteiger partial charge in [0.05, 0.1) is 13.2 Å². The van der Waals surface area contributed by atoms with Crippen molar-refractivity contribution in [2.45, 2.75) is 174 Å². The van der Waals surface area contributed by atoms with Crippen LogP contribution in [-0.4, -0.2) is 54.3 Å². The highest BCUT2D eigenvalue weighted by molar-refractivity contribution is 7.47. The lowest BCUT2D eigenvalue weighted by molar-refractivity contribution is -0.147. The highest BCUT2D eigenvalue weighted by atomic mass is 31.2. The van der Waals surface area contributed by atoms with E-state index < -0.39 is 26.5 Å². The molecule has 9 nitrogen and oxygen atoms in total. The molecule has 2 atom stereocenters. The van der Waals surface area contributed by atoms with Crippen LogP contribution in [-0.2, 0) is 27.9 Å². The molecule has 0 aromatic carbocycles. The van der Waals surface area contributed by atoms with Crippen LogP contribution in [0.15, 0.2) is 0 Å². The summed E-state index contributed by atoms with van der Waals surface area (Å²) in [4.78, 5) is 33.6. The Labute approximate surface area is 263 Å². The van der Waals surface area contributed by atoms with E-state index >= 15 is 0 Å².